The standard InChI is InChI=1S/C13H12Cl2N4O/c1-8-4-10(20-18-8)7-19-12(2-3-14)17-11-5-9(15)6-16-13(11)19/h4-6H,2-3,7H2,1H3. The lowest BCUT2D eigenvalue weighted by Gasteiger charge is -2.04. The summed E-state index contributed by atoms with van der Waals surface area (Å²) in [6.07, 6.45) is 2.26. The summed E-state index contributed by atoms with van der Waals surface area (Å²) in [6, 6.07) is 3.69. The fraction of sp³-hybridized carbons (Fsp3) is 0.308. The fourth-order valence-corrected chi connectivity index (χ4v) is 2.44. The molecule has 20 heavy (non-hydrogen) atoms. The molecule has 0 fully saturated rings. The van der Waals surface area contributed by atoms with Crippen LogP contribution in [-0.2, 0) is 13.0 Å². The molecule has 0 spiro atoms. The van der Waals surface area contributed by atoms with Crippen LogP contribution in [0.4, 0.5) is 0 Å². The van der Waals surface area contributed by atoms with E-state index in [0.717, 1.165) is 28.4 Å². The zero-order valence-corrected chi connectivity index (χ0v) is 12.3. The van der Waals surface area contributed by atoms with Gasteiger partial charge in [0.25, 0.3) is 0 Å². The predicted molar refractivity (Wildman–Crippen MR) is 77.3 cm³/mol. The SMILES string of the molecule is Cc1cc(Cn2c(CCCl)nc3cc(Cl)cnc32)on1. The average Bonchev–Trinajstić information content (AvgIpc) is 2.95. The van der Waals surface area contributed by atoms with Crippen molar-refractivity contribution in [2.75, 3.05) is 5.88 Å². The van der Waals surface area contributed by atoms with Gasteiger partial charge in [-0.2, -0.15) is 0 Å². The molecule has 3 rings (SSSR count). The highest BCUT2D eigenvalue weighted by Crippen LogP contribution is 2.20. The van der Waals surface area contributed by atoms with E-state index in [4.69, 9.17) is 27.7 Å². The smallest absolute Gasteiger partial charge is 0.160 e. The molecule has 0 radical (unpaired) electrons. The van der Waals surface area contributed by atoms with Gasteiger partial charge in [-0.25, -0.2) is 9.97 Å². The Labute approximate surface area is 125 Å². The van der Waals surface area contributed by atoms with Gasteiger partial charge in [-0.1, -0.05) is 16.8 Å². The van der Waals surface area contributed by atoms with Gasteiger partial charge in [0.05, 0.1) is 17.3 Å². The van der Waals surface area contributed by atoms with Crippen molar-refractivity contribution in [3.05, 3.63) is 40.6 Å². The molecule has 0 bridgehead atoms. The number of fused-ring (bicyclic) bond motifs is 1. The van der Waals surface area contributed by atoms with Crippen molar-refractivity contribution in [1.29, 1.82) is 0 Å². The molecule has 0 atom stereocenters. The summed E-state index contributed by atoms with van der Waals surface area (Å²) in [7, 11) is 0. The minimum absolute atomic E-state index is 0.493. The van der Waals surface area contributed by atoms with Crippen LogP contribution in [0.25, 0.3) is 11.2 Å². The molecule has 0 saturated carbocycles. The second-order valence-corrected chi connectivity index (χ2v) is 5.30. The van der Waals surface area contributed by atoms with E-state index in [1.165, 1.54) is 0 Å². The van der Waals surface area contributed by atoms with Crippen molar-refractivity contribution in [2.24, 2.45) is 0 Å². The number of halogens is 2. The van der Waals surface area contributed by atoms with E-state index in [-0.39, 0.29) is 0 Å². The van der Waals surface area contributed by atoms with Crippen LogP contribution in [0.1, 0.15) is 17.3 Å². The number of pyridine rings is 1. The summed E-state index contributed by atoms with van der Waals surface area (Å²) < 4.78 is 7.24. The average molecular weight is 311 g/mol. The van der Waals surface area contributed by atoms with E-state index in [0.29, 0.717) is 23.9 Å². The number of imidazole rings is 1. The monoisotopic (exact) mass is 310 g/mol. The predicted octanol–water partition coefficient (Wildman–Crippen LogP) is 3.21. The highest BCUT2D eigenvalue weighted by molar-refractivity contribution is 6.31. The van der Waals surface area contributed by atoms with Crippen molar-refractivity contribution in [3.8, 4) is 0 Å². The molecule has 0 unspecified atom stereocenters. The topological polar surface area (TPSA) is 56.7 Å². The Bertz CT molecular complexity index is 750. The highest BCUT2D eigenvalue weighted by Gasteiger charge is 2.14. The number of alkyl halides is 1. The molecule has 0 N–H and O–H groups in total. The molecular formula is C13H12Cl2N4O. The van der Waals surface area contributed by atoms with Gasteiger partial charge in [-0.05, 0) is 13.0 Å². The van der Waals surface area contributed by atoms with E-state index < -0.39 is 0 Å². The van der Waals surface area contributed by atoms with Crippen molar-refractivity contribution >= 4 is 34.4 Å². The minimum atomic E-state index is 0.493. The molecule has 0 amide bonds. The van der Waals surface area contributed by atoms with Crippen LogP contribution in [-0.4, -0.2) is 25.6 Å². The Morgan fingerprint density at radius 3 is 2.90 bits per heavy atom. The third-order valence-corrected chi connectivity index (χ3v) is 3.34. The second-order valence-electron chi connectivity index (χ2n) is 4.48. The third kappa shape index (κ3) is 2.51. The van der Waals surface area contributed by atoms with E-state index in [2.05, 4.69) is 15.1 Å². The van der Waals surface area contributed by atoms with E-state index >= 15 is 0 Å². The molecule has 3 aromatic rings. The molecule has 5 nitrogen and oxygen atoms in total. The summed E-state index contributed by atoms with van der Waals surface area (Å²) >= 11 is 11.8. The highest BCUT2D eigenvalue weighted by atomic mass is 35.5. The lowest BCUT2D eigenvalue weighted by Crippen LogP contribution is -2.06. The quantitative estimate of drug-likeness (QED) is 0.694. The maximum absolute atomic E-state index is 5.95. The summed E-state index contributed by atoms with van der Waals surface area (Å²) in [5, 5.41) is 4.46. The van der Waals surface area contributed by atoms with Crippen LogP contribution in [0.5, 0.6) is 0 Å². The van der Waals surface area contributed by atoms with Crippen molar-refractivity contribution < 1.29 is 4.52 Å². The van der Waals surface area contributed by atoms with Crippen LogP contribution >= 0.6 is 23.2 Å². The molecule has 0 saturated heterocycles. The Hall–Kier alpha value is -1.59. The number of rotatable bonds is 4. The number of aryl methyl sites for hydroxylation is 2. The molecule has 7 heteroatoms. The first-order valence-electron chi connectivity index (χ1n) is 6.16. The van der Waals surface area contributed by atoms with Crippen LogP contribution in [0.2, 0.25) is 5.02 Å². The van der Waals surface area contributed by atoms with Gasteiger partial charge in [-0.15, -0.1) is 11.6 Å². The van der Waals surface area contributed by atoms with Gasteiger partial charge in [-0.3, -0.25) is 0 Å². The maximum atomic E-state index is 5.95. The van der Waals surface area contributed by atoms with E-state index in [9.17, 15) is 0 Å². The van der Waals surface area contributed by atoms with Crippen LogP contribution < -0.4 is 0 Å². The zero-order chi connectivity index (χ0) is 14.1. The van der Waals surface area contributed by atoms with Gasteiger partial charge in [0, 0.05) is 24.6 Å². The number of hydrogen-bond acceptors (Lipinski definition) is 4. The summed E-state index contributed by atoms with van der Waals surface area (Å²) in [5.41, 5.74) is 2.37. The molecule has 3 heterocycles. The minimum Gasteiger partial charge on any atom is -0.359 e. The molecule has 104 valence electrons. The normalized spacial score (nSPS) is 11.3. The molecule has 0 aliphatic heterocycles. The maximum Gasteiger partial charge on any atom is 0.160 e. The molecule has 3 aromatic heterocycles. The third-order valence-electron chi connectivity index (χ3n) is 2.94. The van der Waals surface area contributed by atoms with Crippen molar-refractivity contribution in [1.82, 2.24) is 19.7 Å². The van der Waals surface area contributed by atoms with Crippen LogP contribution in [0.3, 0.4) is 0 Å². The van der Waals surface area contributed by atoms with Gasteiger partial charge in [0.2, 0.25) is 0 Å². The number of hydrogen-bond donors (Lipinski definition) is 0. The van der Waals surface area contributed by atoms with Gasteiger partial charge < -0.3 is 9.09 Å². The molecule has 0 aliphatic carbocycles. The summed E-state index contributed by atoms with van der Waals surface area (Å²) in [5.74, 6) is 2.11. The Balaban J connectivity index is 2.08. The molecule has 0 aliphatic rings. The van der Waals surface area contributed by atoms with Gasteiger partial charge >= 0.3 is 0 Å². The number of aromatic nitrogens is 4. The van der Waals surface area contributed by atoms with Crippen molar-refractivity contribution in [3.63, 3.8) is 0 Å². The second kappa shape index (κ2) is 5.42. The zero-order valence-electron chi connectivity index (χ0n) is 10.8. The number of nitrogens with zero attached hydrogens (tertiary/aromatic N) is 4. The molecule has 0 aromatic carbocycles. The summed E-state index contributed by atoms with van der Waals surface area (Å²) in [4.78, 5) is 8.89. The van der Waals surface area contributed by atoms with Gasteiger partial charge in [0.1, 0.15) is 11.3 Å². The van der Waals surface area contributed by atoms with E-state index in [1.54, 1.807) is 12.3 Å². The summed E-state index contributed by atoms with van der Waals surface area (Å²) in [6.45, 7) is 2.41. The van der Waals surface area contributed by atoms with Gasteiger partial charge in [0.15, 0.2) is 11.4 Å². The fourth-order valence-electron chi connectivity index (χ4n) is 2.12. The molecular weight excluding hydrogens is 299 g/mol. The first kappa shape index (κ1) is 13.4. The lowest BCUT2D eigenvalue weighted by atomic mass is 10.3. The Kier molecular flexibility index (Phi) is 3.63. The lowest BCUT2D eigenvalue weighted by molar-refractivity contribution is 0.372. The van der Waals surface area contributed by atoms with Crippen LogP contribution in [0, 0.1) is 6.92 Å². The van der Waals surface area contributed by atoms with Crippen LogP contribution in [0.15, 0.2) is 22.9 Å². The van der Waals surface area contributed by atoms with Crippen molar-refractivity contribution in [2.45, 2.75) is 19.9 Å². The Morgan fingerprint density at radius 2 is 2.20 bits per heavy atom. The Morgan fingerprint density at radius 1 is 1.35 bits per heavy atom. The van der Waals surface area contributed by atoms with E-state index in [1.807, 2.05) is 17.6 Å². The first-order chi connectivity index (χ1) is 9.67. The first-order valence-corrected chi connectivity index (χ1v) is 7.07. The largest absolute Gasteiger partial charge is 0.359 e.